The molecule has 190 valence electrons. The Balaban J connectivity index is 1.61. The maximum Gasteiger partial charge on any atom is 0.265 e. The number of anilines is 2. The van der Waals surface area contributed by atoms with E-state index in [2.05, 4.69) is 51.3 Å². The van der Waals surface area contributed by atoms with E-state index in [0.717, 1.165) is 17.7 Å². The Kier molecular flexibility index (Phi) is 8.92. The van der Waals surface area contributed by atoms with Gasteiger partial charge in [0.25, 0.3) is 11.8 Å². The molecule has 3 aromatic rings. The van der Waals surface area contributed by atoms with Gasteiger partial charge in [-0.15, -0.1) is 0 Å². The van der Waals surface area contributed by atoms with Crippen LogP contribution in [0.4, 0.5) is 11.4 Å². The lowest BCUT2D eigenvalue weighted by Gasteiger charge is -2.21. The number of hydrogen-bond donors (Lipinski definition) is 2. The maximum atomic E-state index is 12.9. The van der Waals surface area contributed by atoms with E-state index >= 15 is 0 Å². The molecule has 0 radical (unpaired) electrons. The molecule has 3 aromatic carbocycles. The number of nitrogens with one attached hydrogen (secondary N) is 2. The molecule has 36 heavy (non-hydrogen) atoms. The van der Waals surface area contributed by atoms with E-state index in [1.54, 1.807) is 24.3 Å². The van der Waals surface area contributed by atoms with E-state index in [1.165, 1.54) is 5.56 Å². The van der Waals surface area contributed by atoms with Crippen LogP contribution in [0, 0.1) is 0 Å². The topological polar surface area (TPSA) is 67.4 Å². The van der Waals surface area contributed by atoms with Crippen molar-refractivity contribution in [1.29, 1.82) is 0 Å². The van der Waals surface area contributed by atoms with Crippen LogP contribution in [0.15, 0.2) is 72.8 Å². The highest BCUT2D eigenvalue weighted by molar-refractivity contribution is 6.04. The minimum Gasteiger partial charge on any atom is -0.480 e. The van der Waals surface area contributed by atoms with Crippen LogP contribution in [-0.2, 0) is 10.2 Å². The van der Waals surface area contributed by atoms with Gasteiger partial charge in [-0.1, -0.05) is 71.9 Å². The summed E-state index contributed by atoms with van der Waals surface area (Å²) in [5.74, 6) is 0.724. The molecule has 0 fully saturated rings. The van der Waals surface area contributed by atoms with Gasteiger partial charge in [-0.05, 0) is 77.8 Å². The summed E-state index contributed by atoms with van der Waals surface area (Å²) >= 11 is 0. The Labute approximate surface area is 215 Å². The van der Waals surface area contributed by atoms with Crippen molar-refractivity contribution in [1.82, 2.24) is 0 Å². The molecular formula is C31H38N2O3. The molecule has 0 spiro atoms. The number of para-hydroxylation sites is 1. The number of ether oxygens (including phenoxy) is 1. The third kappa shape index (κ3) is 6.97. The van der Waals surface area contributed by atoms with Crippen molar-refractivity contribution < 1.29 is 14.3 Å². The third-order valence-corrected chi connectivity index (χ3v) is 6.42. The minimum absolute atomic E-state index is 0.0361. The molecule has 0 saturated carbocycles. The van der Waals surface area contributed by atoms with Gasteiger partial charge < -0.3 is 15.4 Å². The van der Waals surface area contributed by atoms with Crippen LogP contribution < -0.4 is 15.4 Å². The molecule has 2 unspecified atom stereocenters. The summed E-state index contributed by atoms with van der Waals surface area (Å²) in [7, 11) is 0. The summed E-state index contributed by atoms with van der Waals surface area (Å²) in [6.45, 7) is 12.7. The van der Waals surface area contributed by atoms with E-state index in [1.807, 2.05) is 49.4 Å². The van der Waals surface area contributed by atoms with Crippen molar-refractivity contribution >= 4 is 23.2 Å². The van der Waals surface area contributed by atoms with Gasteiger partial charge in [-0.2, -0.15) is 0 Å². The zero-order valence-electron chi connectivity index (χ0n) is 22.2. The molecule has 0 bridgehead atoms. The lowest BCUT2D eigenvalue weighted by molar-refractivity contribution is -0.122. The zero-order valence-corrected chi connectivity index (χ0v) is 22.2. The Hall–Kier alpha value is -3.60. The molecule has 3 rings (SSSR count). The summed E-state index contributed by atoms with van der Waals surface area (Å²) < 4.78 is 6.14. The summed E-state index contributed by atoms with van der Waals surface area (Å²) in [6.07, 6.45) is 0.933. The number of benzene rings is 3. The first kappa shape index (κ1) is 27.0. The zero-order chi connectivity index (χ0) is 26.3. The summed E-state index contributed by atoms with van der Waals surface area (Å²) in [6, 6.07) is 22.7. The van der Waals surface area contributed by atoms with E-state index in [-0.39, 0.29) is 17.2 Å². The molecule has 0 heterocycles. The molecule has 5 heteroatoms. The van der Waals surface area contributed by atoms with Crippen LogP contribution in [0.5, 0.6) is 5.75 Å². The monoisotopic (exact) mass is 486 g/mol. The van der Waals surface area contributed by atoms with E-state index in [0.29, 0.717) is 29.3 Å². The van der Waals surface area contributed by atoms with Crippen LogP contribution in [-0.4, -0.2) is 17.9 Å². The molecule has 2 N–H and O–H groups in total. The van der Waals surface area contributed by atoms with Crippen LogP contribution in [0.3, 0.4) is 0 Å². The Morgan fingerprint density at radius 2 is 1.39 bits per heavy atom. The molecule has 0 saturated heterocycles. The van der Waals surface area contributed by atoms with Crippen LogP contribution >= 0.6 is 0 Å². The minimum atomic E-state index is -0.606. The second-order valence-corrected chi connectivity index (χ2v) is 10.2. The SMILES string of the molecule is CCC(Oc1ccccc1C(C)CC)C(=O)Nc1ccc(NC(=O)c2ccc(C(C)(C)C)cc2)cc1. The van der Waals surface area contributed by atoms with Gasteiger partial charge in [0.2, 0.25) is 0 Å². The van der Waals surface area contributed by atoms with Gasteiger partial charge in [-0.25, -0.2) is 0 Å². The molecule has 0 aliphatic carbocycles. The molecule has 2 atom stereocenters. The molecule has 0 aliphatic heterocycles. The number of hydrogen-bond acceptors (Lipinski definition) is 3. The number of amides is 2. The van der Waals surface area contributed by atoms with Crippen molar-refractivity contribution in [2.45, 2.75) is 71.8 Å². The number of rotatable bonds is 9. The van der Waals surface area contributed by atoms with E-state index in [4.69, 9.17) is 4.74 Å². The van der Waals surface area contributed by atoms with Crippen molar-refractivity contribution in [2.24, 2.45) is 0 Å². The number of carbonyl (C=O) groups excluding carboxylic acids is 2. The summed E-state index contributed by atoms with van der Waals surface area (Å²) in [5, 5.41) is 5.84. The first-order valence-corrected chi connectivity index (χ1v) is 12.7. The average molecular weight is 487 g/mol. The van der Waals surface area contributed by atoms with E-state index < -0.39 is 6.10 Å². The van der Waals surface area contributed by atoms with Gasteiger partial charge in [0.05, 0.1) is 0 Å². The first-order valence-electron chi connectivity index (χ1n) is 12.7. The van der Waals surface area contributed by atoms with Crippen molar-refractivity contribution in [3.63, 3.8) is 0 Å². The quantitative estimate of drug-likeness (QED) is 0.328. The molecule has 0 aromatic heterocycles. The van der Waals surface area contributed by atoms with Crippen molar-refractivity contribution in [3.8, 4) is 5.75 Å². The second kappa shape index (κ2) is 11.9. The van der Waals surface area contributed by atoms with Gasteiger partial charge in [-0.3, -0.25) is 9.59 Å². The second-order valence-electron chi connectivity index (χ2n) is 10.2. The highest BCUT2D eigenvalue weighted by atomic mass is 16.5. The average Bonchev–Trinajstić information content (AvgIpc) is 2.87. The van der Waals surface area contributed by atoms with Crippen LogP contribution in [0.25, 0.3) is 0 Å². The smallest absolute Gasteiger partial charge is 0.265 e. The van der Waals surface area contributed by atoms with Crippen LogP contribution in [0.2, 0.25) is 0 Å². The normalized spacial score (nSPS) is 12.9. The predicted molar refractivity (Wildman–Crippen MR) is 148 cm³/mol. The van der Waals surface area contributed by atoms with Gasteiger partial charge in [0, 0.05) is 16.9 Å². The number of carbonyl (C=O) groups is 2. The fourth-order valence-electron chi connectivity index (χ4n) is 3.87. The van der Waals surface area contributed by atoms with E-state index in [9.17, 15) is 9.59 Å². The summed E-state index contributed by atoms with van der Waals surface area (Å²) in [5.41, 5.74) is 4.22. The van der Waals surface area contributed by atoms with Gasteiger partial charge >= 0.3 is 0 Å². The molecule has 0 aliphatic rings. The lowest BCUT2D eigenvalue weighted by Crippen LogP contribution is -2.32. The van der Waals surface area contributed by atoms with Gasteiger partial charge in [0.15, 0.2) is 6.10 Å². The van der Waals surface area contributed by atoms with Gasteiger partial charge in [0.1, 0.15) is 5.75 Å². The summed E-state index contributed by atoms with van der Waals surface area (Å²) in [4.78, 5) is 25.6. The fourth-order valence-corrected chi connectivity index (χ4v) is 3.87. The largest absolute Gasteiger partial charge is 0.480 e. The highest BCUT2D eigenvalue weighted by Gasteiger charge is 2.21. The Bertz CT molecular complexity index is 1160. The first-order chi connectivity index (χ1) is 17.1. The van der Waals surface area contributed by atoms with Crippen molar-refractivity contribution in [3.05, 3.63) is 89.5 Å². The molecule has 2 amide bonds. The predicted octanol–water partition coefficient (Wildman–Crippen LogP) is 7.55. The fraction of sp³-hybridized carbons (Fsp3) is 0.355. The maximum absolute atomic E-state index is 12.9. The highest BCUT2D eigenvalue weighted by Crippen LogP contribution is 2.30. The Morgan fingerprint density at radius 3 is 1.94 bits per heavy atom. The molecule has 5 nitrogen and oxygen atoms in total. The Morgan fingerprint density at radius 1 is 0.806 bits per heavy atom. The molecular weight excluding hydrogens is 448 g/mol. The third-order valence-electron chi connectivity index (χ3n) is 6.42. The van der Waals surface area contributed by atoms with Crippen molar-refractivity contribution in [2.75, 3.05) is 10.6 Å². The van der Waals surface area contributed by atoms with Crippen LogP contribution in [0.1, 0.15) is 81.8 Å². The lowest BCUT2D eigenvalue weighted by atomic mass is 9.87. The standard InChI is InChI=1S/C31H38N2O3/c1-7-21(3)26-11-9-10-12-28(26)36-27(8-2)30(35)33-25-19-17-24(18-20-25)32-29(34)22-13-15-23(16-14-22)31(4,5)6/h9-21,27H,7-8H2,1-6H3,(H,32,34)(H,33,35).